The van der Waals surface area contributed by atoms with E-state index in [9.17, 15) is 4.79 Å². The molecular formula is C11H20N4O2. The largest absolute Gasteiger partial charge is 0.377 e. The molecule has 0 aromatic carbocycles. The van der Waals surface area contributed by atoms with E-state index >= 15 is 0 Å². The zero-order valence-electron chi connectivity index (χ0n) is 10.1. The highest BCUT2D eigenvalue weighted by atomic mass is 16.5. The first-order chi connectivity index (χ1) is 8.26. The predicted octanol–water partition coefficient (Wildman–Crippen LogP) is -0.178. The van der Waals surface area contributed by atoms with E-state index in [2.05, 4.69) is 15.3 Å². The molecule has 1 rings (SSSR count). The summed E-state index contributed by atoms with van der Waals surface area (Å²) in [4.78, 5) is 18.6. The molecule has 1 atom stereocenters. The molecule has 4 N–H and O–H groups in total. The summed E-state index contributed by atoms with van der Waals surface area (Å²) in [6.45, 7) is 3.38. The van der Waals surface area contributed by atoms with Crippen molar-refractivity contribution in [3.8, 4) is 0 Å². The van der Waals surface area contributed by atoms with E-state index in [1.165, 1.54) is 0 Å². The van der Waals surface area contributed by atoms with E-state index in [4.69, 9.17) is 10.5 Å². The van der Waals surface area contributed by atoms with Crippen LogP contribution in [0.2, 0.25) is 0 Å². The summed E-state index contributed by atoms with van der Waals surface area (Å²) in [5, 5.41) is 2.81. The molecular weight excluding hydrogens is 220 g/mol. The topological polar surface area (TPSA) is 93.0 Å². The Hall–Kier alpha value is -1.40. The predicted molar refractivity (Wildman–Crippen MR) is 64.4 cm³/mol. The third-order valence-electron chi connectivity index (χ3n) is 2.32. The molecule has 1 aromatic heterocycles. The Morgan fingerprint density at radius 2 is 2.53 bits per heavy atom. The lowest BCUT2D eigenvalue weighted by Crippen LogP contribution is -2.33. The third-order valence-corrected chi connectivity index (χ3v) is 2.32. The summed E-state index contributed by atoms with van der Waals surface area (Å²) >= 11 is 0. The number of nitrogens with zero attached hydrogens (tertiary/aromatic N) is 1. The maximum absolute atomic E-state index is 11.5. The molecule has 0 fully saturated rings. The number of aromatic nitrogens is 2. The summed E-state index contributed by atoms with van der Waals surface area (Å²) in [5.41, 5.74) is 5.49. The van der Waals surface area contributed by atoms with Crippen LogP contribution in [0.4, 0.5) is 0 Å². The molecule has 6 nitrogen and oxygen atoms in total. The fourth-order valence-electron chi connectivity index (χ4n) is 1.48. The Balaban J connectivity index is 2.16. The minimum Gasteiger partial charge on any atom is -0.377 e. The van der Waals surface area contributed by atoms with Crippen molar-refractivity contribution in [2.75, 3.05) is 19.7 Å². The van der Waals surface area contributed by atoms with E-state index in [-0.39, 0.29) is 12.0 Å². The van der Waals surface area contributed by atoms with E-state index in [0.29, 0.717) is 32.5 Å². The Morgan fingerprint density at radius 1 is 1.71 bits per heavy atom. The van der Waals surface area contributed by atoms with E-state index < -0.39 is 0 Å². The van der Waals surface area contributed by atoms with Gasteiger partial charge in [-0.3, -0.25) is 4.79 Å². The van der Waals surface area contributed by atoms with Gasteiger partial charge in [0.05, 0.1) is 12.5 Å². The highest BCUT2D eigenvalue weighted by molar-refractivity contribution is 5.76. The van der Waals surface area contributed by atoms with Gasteiger partial charge in [0.1, 0.15) is 5.82 Å². The second kappa shape index (κ2) is 7.81. The number of carbonyl (C=O) groups excluding carboxylic acids is 1. The van der Waals surface area contributed by atoms with Gasteiger partial charge >= 0.3 is 0 Å². The number of ether oxygens (including phenoxy) is 1. The average molecular weight is 240 g/mol. The van der Waals surface area contributed by atoms with Crippen LogP contribution in [0.25, 0.3) is 0 Å². The second-order valence-corrected chi connectivity index (χ2v) is 3.65. The van der Waals surface area contributed by atoms with Gasteiger partial charge in [-0.25, -0.2) is 4.98 Å². The van der Waals surface area contributed by atoms with Crippen molar-refractivity contribution in [3.05, 3.63) is 18.2 Å². The van der Waals surface area contributed by atoms with Crippen molar-refractivity contribution in [2.24, 2.45) is 5.73 Å². The molecule has 0 bridgehead atoms. The average Bonchev–Trinajstić information content (AvgIpc) is 2.81. The molecule has 17 heavy (non-hydrogen) atoms. The Bertz CT molecular complexity index is 313. The number of nitrogens with two attached hydrogens (primary N) is 1. The SMILES string of the molecule is CCOC(CN)CC(=O)NCCc1ncc[nH]1. The van der Waals surface area contributed by atoms with Gasteiger partial charge in [-0.05, 0) is 6.92 Å². The van der Waals surface area contributed by atoms with E-state index in [0.717, 1.165) is 5.82 Å². The van der Waals surface area contributed by atoms with Crippen LogP contribution in [0.1, 0.15) is 19.2 Å². The number of rotatable bonds is 8. The molecule has 6 heteroatoms. The van der Waals surface area contributed by atoms with Crippen LogP contribution in [0.5, 0.6) is 0 Å². The molecule has 0 aliphatic rings. The molecule has 0 radical (unpaired) electrons. The molecule has 0 aliphatic carbocycles. The van der Waals surface area contributed by atoms with Gasteiger partial charge in [0.2, 0.25) is 5.91 Å². The molecule has 1 unspecified atom stereocenters. The fraction of sp³-hybridized carbons (Fsp3) is 0.636. The summed E-state index contributed by atoms with van der Waals surface area (Å²) < 4.78 is 5.31. The molecule has 0 aliphatic heterocycles. The van der Waals surface area contributed by atoms with Crippen molar-refractivity contribution in [1.82, 2.24) is 15.3 Å². The lowest BCUT2D eigenvalue weighted by atomic mass is 10.2. The monoisotopic (exact) mass is 240 g/mol. The normalized spacial score (nSPS) is 12.4. The van der Waals surface area contributed by atoms with E-state index in [1.807, 2.05) is 6.92 Å². The first-order valence-corrected chi connectivity index (χ1v) is 5.82. The van der Waals surface area contributed by atoms with E-state index in [1.54, 1.807) is 12.4 Å². The van der Waals surface area contributed by atoms with Crippen LogP contribution in [-0.4, -0.2) is 41.7 Å². The maximum Gasteiger partial charge on any atom is 0.222 e. The number of imidazole rings is 1. The molecule has 1 aromatic rings. The van der Waals surface area contributed by atoms with Crippen molar-refractivity contribution in [2.45, 2.75) is 25.9 Å². The van der Waals surface area contributed by atoms with Gasteiger partial charge in [-0.15, -0.1) is 0 Å². The standard InChI is InChI=1S/C11H20N4O2/c1-2-17-9(8-12)7-11(16)15-4-3-10-13-5-6-14-10/h5-6,9H,2-4,7-8,12H2,1H3,(H,13,14)(H,15,16). The van der Waals surface area contributed by atoms with Crippen LogP contribution >= 0.6 is 0 Å². The van der Waals surface area contributed by atoms with Crippen molar-refractivity contribution >= 4 is 5.91 Å². The van der Waals surface area contributed by atoms with Crippen LogP contribution < -0.4 is 11.1 Å². The molecule has 1 amide bonds. The van der Waals surface area contributed by atoms with Crippen LogP contribution in [0, 0.1) is 0 Å². The van der Waals surface area contributed by atoms with Crippen LogP contribution in [0.15, 0.2) is 12.4 Å². The quantitative estimate of drug-likeness (QED) is 0.588. The lowest BCUT2D eigenvalue weighted by Gasteiger charge is -2.14. The zero-order valence-corrected chi connectivity index (χ0v) is 10.1. The number of H-pyrrole nitrogens is 1. The maximum atomic E-state index is 11.5. The first kappa shape index (κ1) is 13.7. The number of nitrogens with one attached hydrogen (secondary N) is 2. The molecule has 0 spiro atoms. The van der Waals surface area contributed by atoms with Gasteiger partial charge in [0, 0.05) is 38.5 Å². The van der Waals surface area contributed by atoms with Gasteiger partial charge in [0.15, 0.2) is 0 Å². The summed E-state index contributed by atoms with van der Waals surface area (Å²) in [6, 6.07) is 0. The van der Waals surface area contributed by atoms with Gasteiger partial charge in [0.25, 0.3) is 0 Å². The molecule has 0 saturated carbocycles. The van der Waals surface area contributed by atoms with Gasteiger partial charge < -0.3 is 20.8 Å². The minimum absolute atomic E-state index is 0.0412. The fourth-order valence-corrected chi connectivity index (χ4v) is 1.48. The smallest absolute Gasteiger partial charge is 0.222 e. The Labute approximate surface area is 101 Å². The lowest BCUT2D eigenvalue weighted by molar-refractivity contribution is -0.123. The minimum atomic E-state index is -0.191. The highest BCUT2D eigenvalue weighted by Crippen LogP contribution is 1.96. The summed E-state index contributed by atoms with van der Waals surface area (Å²) in [5.74, 6) is 0.825. The first-order valence-electron chi connectivity index (χ1n) is 5.82. The van der Waals surface area contributed by atoms with Gasteiger partial charge in [-0.2, -0.15) is 0 Å². The zero-order chi connectivity index (χ0) is 12.5. The molecule has 1 heterocycles. The number of hydrogen-bond acceptors (Lipinski definition) is 4. The highest BCUT2D eigenvalue weighted by Gasteiger charge is 2.11. The van der Waals surface area contributed by atoms with Crippen LogP contribution in [-0.2, 0) is 16.0 Å². The van der Waals surface area contributed by atoms with Crippen molar-refractivity contribution < 1.29 is 9.53 Å². The Morgan fingerprint density at radius 3 is 3.12 bits per heavy atom. The molecule has 96 valence electrons. The van der Waals surface area contributed by atoms with Crippen molar-refractivity contribution in [1.29, 1.82) is 0 Å². The number of hydrogen-bond donors (Lipinski definition) is 3. The Kier molecular flexibility index (Phi) is 6.27. The third kappa shape index (κ3) is 5.46. The summed E-state index contributed by atoms with van der Waals surface area (Å²) in [6.07, 6.45) is 4.26. The summed E-state index contributed by atoms with van der Waals surface area (Å²) in [7, 11) is 0. The molecule has 0 saturated heterocycles. The van der Waals surface area contributed by atoms with Crippen LogP contribution in [0.3, 0.4) is 0 Å². The number of carbonyl (C=O) groups is 1. The van der Waals surface area contributed by atoms with Crippen molar-refractivity contribution in [3.63, 3.8) is 0 Å². The second-order valence-electron chi connectivity index (χ2n) is 3.65. The van der Waals surface area contributed by atoms with Gasteiger partial charge in [-0.1, -0.05) is 0 Å². The number of aromatic amines is 1. The number of amides is 1.